The van der Waals surface area contributed by atoms with Crippen LogP contribution in [0, 0.1) is 0 Å². The van der Waals surface area contributed by atoms with Crippen LogP contribution in [0.25, 0.3) is 0 Å². The minimum absolute atomic E-state index is 0.00533. The summed E-state index contributed by atoms with van der Waals surface area (Å²) in [7, 11) is 0. The van der Waals surface area contributed by atoms with Crippen LogP contribution in [0.4, 0.5) is 13.2 Å². The van der Waals surface area contributed by atoms with Gasteiger partial charge in [0, 0.05) is 6.07 Å². The van der Waals surface area contributed by atoms with E-state index in [1.165, 1.54) is 13.0 Å². The lowest BCUT2D eigenvalue weighted by atomic mass is 10.2. The van der Waals surface area contributed by atoms with Crippen LogP contribution in [0.1, 0.15) is 22.8 Å². The maximum Gasteiger partial charge on any atom is 0.416 e. The topological polar surface area (TPSA) is 93.1 Å². The number of ether oxygens (including phenoxy) is 2. The SMILES string of the molecule is CC(Oc1cc(Oc2ccc(C(F)(F)F)cc2Cl)ccc1C(=O)O)C(=O)O. The van der Waals surface area contributed by atoms with Crippen molar-refractivity contribution in [1.29, 1.82) is 0 Å². The molecule has 6 nitrogen and oxygen atoms in total. The molecule has 0 aliphatic carbocycles. The van der Waals surface area contributed by atoms with E-state index in [-0.39, 0.29) is 27.8 Å². The number of aliphatic carboxylic acids is 1. The summed E-state index contributed by atoms with van der Waals surface area (Å²) in [5, 5.41) is 17.7. The van der Waals surface area contributed by atoms with E-state index in [1.54, 1.807) is 0 Å². The predicted molar refractivity (Wildman–Crippen MR) is 87.7 cm³/mol. The summed E-state index contributed by atoms with van der Waals surface area (Å²) < 4.78 is 48.5. The normalized spacial score (nSPS) is 12.3. The highest BCUT2D eigenvalue weighted by Crippen LogP contribution is 2.37. The van der Waals surface area contributed by atoms with E-state index in [0.29, 0.717) is 6.07 Å². The molecule has 2 aromatic rings. The Kier molecular flexibility index (Phi) is 5.85. The number of carboxylic acid groups (broad SMARTS) is 2. The van der Waals surface area contributed by atoms with Crippen molar-refractivity contribution in [3.05, 3.63) is 52.5 Å². The van der Waals surface area contributed by atoms with Gasteiger partial charge in [0.15, 0.2) is 6.10 Å². The Morgan fingerprint density at radius 3 is 2.26 bits per heavy atom. The van der Waals surface area contributed by atoms with Crippen LogP contribution < -0.4 is 9.47 Å². The minimum atomic E-state index is -4.57. The second-order valence-corrected chi connectivity index (χ2v) is 5.71. The van der Waals surface area contributed by atoms with Gasteiger partial charge in [-0.1, -0.05) is 11.6 Å². The van der Waals surface area contributed by atoms with E-state index >= 15 is 0 Å². The lowest BCUT2D eigenvalue weighted by molar-refractivity contribution is -0.144. The second-order valence-electron chi connectivity index (χ2n) is 5.31. The highest BCUT2D eigenvalue weighted by atomic mass is 35.5. The van der Waals surface area contributed by atoms with Gasteiger partial charge < -0.3 is 19.7 Å². The summed E-state index contributed by atoms with van der Waals surface area (Å²) >= 11 is 5.80. The summed E-state index contributed by atoms with van der Waals surface area (Å²) in [6.07, 6.45) is -5.91. The summed E-state index contributed by atoms with van der Waals surface area (Å²) in [4.78, 5) is 22.1. The molecule has 2 rings (SSSR count). The quantitative estimate of drug-likeness (QED) is 0.724. The Labute approximate surface area is 155 Å². The van der Waals surface area contributed by atoms with Gasteiger partial charge in [-0.3, -0.25) is 0 Å². The first-order valence-electron chi connectivity index (χ1n) is 7.30. The summed E-state index contributed by atoms with van der Waals surface area (Å²) in [5.41, 5.74) is -1.27. The number of benzene rings is 2. The van der Waals surface area contributed by atoms with Crippen molar-refractivity contribution >= 4 is 23.5 Å². The van der Waals surface area contributed by atoms with E-state index in [0.717, 1.165) is 24.3 Å². The first-order chi connectivity index (χ1) is 12.5. The third kappa shape index (κ3) is 5.04. The zero-order valence-corrected chi connectivity index (χ0v) is 14.3. The van der Waals surface area contributed by atoms with Gasteiger partial charge in [-0.25, -0.2) is 9.59 Å². The molecule has 10 heteroatoms. The first kappa shape index (κ1) is 20.4. The van der Waals surface area contributed by atoms with Crippen LogP contribution >= 0.6 is 11.6 Å². The van der Waals surface area contributed by atoms with Crippen LogP contribution in [-0.2, 0) is 11.0 Å². The van der Waals surface area contributed by atoms with Crippen molar-refractivity contribution in [1.82, 2.24) is 0 Å². The number of carboxylic acids is 2. The summed E-state index contributed by atoms with van der Waals surface area (Å²) in [5.74, 6) is -3.07. The monoisotopic (exact) mass is 404 g/mol. The van der Waals surface area contributed by atoms with E-state index in [2.05, 4.69) is 0 Å². The maximum absolute atomic E-state index is 12.7. The number of alkyl halides is 3. The van der Waals surface area contributed by atoms with Gasteiger partial charge >= 0.3 is 18.1 Å². The van der Waals surface area contributed by atoms with Gasteiger partial charge in [-0.15, -0.1) is 0 Å². The lowest BCUT2D eigenvalue weighted by Gasteiger charge is -2.15. The molecule has 0 bridgehead atoms. The molecule has 0 aromatic heterocycles. The van der Waals surface area contributed by atoms with Crippen LogP contribution in [0.3, 0.4) is 0 Å². The molecule has 0 saturated heterocycles. The first-order valence-corrected chi connectivity index (χ1v) is 7.68. The Balaban J connectivity index is 2.34. The number of hydrogen-bond donors (Lipinski definition) is 2. The molecule has 0 amide bonds. The number of carbonyl (C=O) groups is 2. The van der Waals surface area contributed by atoms with Gasteiger partial charge in [0.05, 0.1) is 10.6 Å². The molecule has 1 unspecified atom stereocenters. The van der Waals surface area contributed by atoms with E-state index in [1.807, 2.05) is 0 Å². The van der Waals surface area contributed by atoms with Gasteiger partial charge in [0.25, 0.3) is 0 Å². The van der Waals surface area contributed by atoms with Gasteiger partial charge in [0.1, 0.15) is 22.8 Å². The Hall–Kier alpha value is -2.94. The molecule has 0 aliphatic heterocycles. The third-order valence-electron chi connectivity index (χ3n) is 3.32. The number of aromatic carboxylic acids is 1. The fraction of sp³-hybridized carbons (Fsp3) is 0.176. The van der Waals surface area contributed by atoms with Crippen molar-refractivity contribution in [3.8, 4) is 17.2 Å². The maximum atomic E-state index is 12.7. The van der Waals surface area contributed by atoms with Crippen molar-refractivity contribution in [2.45, 2.75) is 19.2 Å². The van der Waals surface area contributed by atoms with Gasteiger partial charge in [-0.2, -0.15) is 13.2 Å². The minimum Gasteiger partial charge on any atom is -0.479 e. The standard InChI is InChI=1S/C17H12ClF3O6/c1-8(15(22)23)26-14-7-10(3-4-11(14)16(24)25)27-13-5-2-9(6-12(13)18)17(19,20)21/h2-8H,1H3,(H,22,23)(H,24,25). The van der Waals surface area contributed by atoms with E-state index in [4.69, 9.17) is 31.3 Å². The Morgan fingerprint density at radius 1 is 1.07 bits per heavy atom. The molecule has 144 valence electrons. The molecule has 0 radical (unpaired) electrons. The van der Waals surface area contributed by atoms with Gasteiger partial charge in [-0.05, 0) is 37.3 Å². The highest BCUT2D eigenvalue weighted by molar-refractivity contribution is 6.32. The summed E-state index contributed by atoms with van der Waals surface area (Å²) in [6, 6.07) is 5.92. The van der Waals surface area contributed by atoms with Crippen molar-refractivity contribution in [3.63, 3.8) is 0 Å². The molecule has 0 aliphatic rings. The fourth-order valence-corrected chi connectivity index (χ4v) is 2.19. The third-order valence-corrected chi connectivity index (χ3v) is 3.62. The number of hydrogen-bond acceptors (Lipinski definition) is 4. The van der Waals surface area contributed by atoms with E-state index in [9.17, 15) is 22.8 Å². The molecule has 2 N–H and O–H groups in total. The molecule has 27 heavy (non-hydrogen) atoms. The molecule has 0 spiro atoms. The number of halogens is 4. The number of rotatable bonds is 6. The highest BCUT2D eigenvalue weighted by Gasteiger charge is 2.31. The fourth-order valence-electron chi connectivity index (χ4n) is 1.97. The molecule has 0 saturated carbocycles. The molecule has 0 fully saturated rings. The van der Waals surface area contributed by atoms with Gasteiger partial charge in [0.2, 0.25) is 0 Å². The average Bonchev–Trinajstić information content (AvgIpc) is 2.55. The predicted octanol–water partition coefficient (Wildman–Crippen LogP) is 4.70. The Morgan fingerprint density at radius 2 is 1.74 bits per heavy atom. The largest absolute Gasteiger partial charge is 0.479 e. The zero-order chi connectivity index (χ0) is 20.4. The molecule has 0 heterocycles. The zero-order valence-electron chi connectivity index (χ0n) is 13.6. The van der Waals surface area contributed by atoms with Crippen molar-refractivity contribution in [2.24, 2.45) is 0 Å². The van der Waals surface area contributed by atoms with Crippen LogP contribution in [0.15, 0.2) is 36.4 Å². The van der Waals surface area contributed by atoms with Crippen LogP contribution in [0.5, 0.6) is 17.2 Å². The second kappa shape index (κ2) is 7.75. The molecular weight excluding hydrogens is 393 g/mol. The Bertz CT molecular complexity index is 881. The average molecular weight is 405 g/mol. The smallest absolute Gasteiger partial charge is 0.416 e. The van der Waals surface area contributed by atoms with Crippen molar-refractivity contribution < 1.29 is 42.4 Å². The summed E-state index contributed by atoms with van der Waals surface area (Å²) in [6.45, 7) is 1.20. The lowest BCUT2D eigenvalue weighted by Crippen LogP contribution is -2.23. The van der Waals surface area contributed by atoms with Crippen molar-refractivity contribution in [2.75, 3.05) is 0 Å². The molecule has 1 atom stereocenters. The molecular formula is C17H12ClF3O6. The molecule has 2 aromatic carbocycles. The van der Waals surface area contributed by atoms with Crippen LogP contribution in [0.2, 0.25) is 5.02 Å². The van der Waals surface area contributed by atoms with Crippen LogP contribution in [-0.4, -0.2) is 28.3 Å². The van der Waals surface area contributed by atoms with E-state index < -0.39 is 29.8 Å².